The zero-order valence-electron chi connectivity index (χ0n) is 22.1. The molecule has 0 aromatic heterocycles. The maximum Gasteiger partial charge on any atom is 0.250 e. The minimum atomic E-state index is -1.86. The lowest BCUT2D eigenvalue weighted by molar-refractivity contribution is -0.159. The monoisotopic (exact) mass is 472 g/mol. The molecule has 0 saturated heterocycles. The predicted octanol–water partition coefficient (Wildman–Crippen LogP) is 4.96. The van der Waals surface area contributed by atoms with Crippen LogP contribution in [0.1, 0.15) is 98.8 Å². The third-order valence-electron chi connectivity index (χ3n) is 11.3. The highest BCUT2D eigenvalue weighted by Crippen LogP contribution is 2.68. The van der Waals surface area contributed by atoms with Crippen LogP contribution in [0, 0.1) is 52.3 Å². The minimum Gasteiger partial charge on any atom is -0.379 e. The Labute approximate surface area is 206 Å². The maximum atomic E-state index is 12.4. The van der Waals surface area contributed by atoms with E-state index >= 15 is 0 Å². The van der Waals surface area contributed by atoms with Crippen LogP contribution in [-0.4, -0.2) is 22.5 Å². The molecule has 34 heavy (non-hydrogen) atoms. The van der Waals surface area contributed by atoms with Crippen LogP contribution in [0.3, 0.4) is 0 Å². The number of primary amides is 2. The van der Waals surface area contributed by atoms with E-state index < -0.39 is 23.3 Å². The third-order valence-corrected chi connectivity index (χ3v) is 11.3. The molecule has 4 aliphatic rings. The van der Waals surface area contributed by atoms with Crippen LogP contribution >= 0.6 is 0 Å². The summed E-state index contributed by atoms with van der Waals surface area (Å²) in [5, 5.41) is 11.1. The van der Waals surface area contributed by atoms with Crippen LogP contribution in [0.5, 0.6) is 0 Å². The van der Waals surface area contributed by atoms with Crippen LogP contribution in [0.15, 0.2) is 11.6 Å². The van der Waals surface area contributed by atoms with Crippen LogP contribution in [0.4, 0.5) is 0 Å². The third kappa shape index (κ3) is 3.94. The number of allylic oxidation sites excluding steroid dienone is 1. The van der Waals surface area contributed by atoms with Crippen molar-refractivity contribution in [3.8, 4) is 0 Å². The van der Waals surface area contributed by atoms with Gasteiger partial charge in [0.05, 0.1) is 5.92 Å². The lowest BCUT2D eigenvalue weighted by atomic mass is 9.45. The van der Waals surface area contributed by atoms with Crippen molar-refractivity contribution in [2.24, 2.45) is 63.7 Å². The molecule has 2 unspecified atom stereocenters. The molecule has 4 aliphatic carbocycles. The van der Waals surface area contributed by atoms with E-state index in [-0.39, 0.29) is 11.8 Å². The average Bonchev–Trinajstić information content (AvgIpc) is 3.10. The first kappa shape index (κ1) is 25.7. The molecule has 0 bridgehead atoms. The second kappa shape index (κ2) is 8.94. The van der Waals surface area contributed by atoms with Gasteiger partial charge in [0.15, 0.2) is 5.60 Å². The Morgan fingerprint density at radius 3 is 2.41 bits per heavy atom. The van der Waals surface area contributed by atoms with Gasteiger partial charge in [0.1, 0.15) is 0 Å². The molecule has 2 amide bonds. The van der Waals surface area contributed by atoms with Crippen molar-refractivity contribution in [2.45, 2.75) is 104 Å². The maximum absolute atomic E-state index is 12.4. The highest BCUT2D eigenvalue weighted by molar-refractivity contribution is 5.92. The van der Waals surface area contributed by atoms with Gasteiger partial charge in [-0.15, -0.1) is 0 Å². The Bertz CT molecular complexity index is 852. The summed E-state index contributed by atoms with van der Waals surface area (Å²) in [6, 6.07) is 0. The number of aliphatic hydroxyl groups is 1. The van der Waals surface area contributed by atoms with E-state index in [1.807, 2.05) is 0 Å². The number of hydrogen-bond acceptors (Lipinski definition) is 3. The number of hydrogen-bond donors (Lipinski definition) is 3. The van der Waals surface area contributed by atoms with Crippen molar-refractivity contribution < 1.29 is 14.7 Å². The fraction of sp³-hybridized carbons (Fsp3) is 0.862. The zero-order valence-corrected chi connectivity index (χ0v) is 22.1. The molecule has 5 heteroatoms. The van der Waals surface area contributed by atoms with Gasteiger partial charge in [0.2, 0.25) is 5.91 Å². The molecule has 5 N–H and O–H groups in total. The average molecular weight is 473 g/mol. The number of carbonyl (C=O) groups is 2. The molecule has 0 aromatic rings. The fourth-order valence-corrected chi connectivity index (χ4v) is 9.34. The summed E-state index contributed by atoms with van der Waals surface area (Å²) in [5.41, 5.74) is 10.8. The summed E-state index contributed by atoms with van der Waals surface area (Å²) in [6.07, 6.45) is 12.9. The van der Waals surface area contributed by atoms with E-state index in [2.05, 4.69) is 40.7 Å². The first-order chi connectivity index (χ1) is 15.8. The second-order valence-corrected chi connectivity index (χ2v) is 13.4. The highest BCUT2D eigenvalue weighted by atomic mass is 16.3. The summed E-state index contributed by atoms with van der Waals surface area (Å²) in [7, 11) is 0. The Morgan fingerprint density at radius 2 is 1.79 bits per heavy atom. The number of fused-ring (bicyclic) bond motifs is 5. The SMILES string of the molecule is CC(C)CCC[C@@H](C)[C@H]1CC[C@H]2[C@@H]3CC=C4CC(O)(C(N)=O)C(C(N)=O)C[C@]4(C)[C@H]3CC[C@]12C. The van der Waals surface area contributed by atoms with E-state index in [4.69, 9.17) is 11.5 Å². The van der Waals surface area contributed by atoms with Gasteiger partial charge in [-0.1, -0.05) is 65.5 Å². The molecule has 3 saturated carbocycles. The molecule has 0 heterocycles. The summed E-state index contributed by atoms with van der Waals surface area (Å²) in [4.78, 5) is 24.6. The van der Waals surface area contributed by atoms with E-state index in [1.165, 1.54) is 38.5 Å². The molecule has 4 rings (SSSR count). The quantitative estimate of drug-likeness (QED) is 0.456. The lowest BCUT2D eigenvalue weighted by Gasteiger charge is -2.60. The van der Waals surface area contributed by atoms with Crippen LogP contribution in [-0.2, 0) is 9.59 Å². The van der Waals surface area contributed by atoms with Crippen molar-refractivity contribution in [3.63, 3.8) is 0 Å². The summed E-state index contributed by atoms with van der Waals surface area (Å²) >= 11 is 0. The number of carbonyl (C=O) groups excluding carboxylic acids is 2. The molecule has 0 aliphatic heterocycles. The summed E-state index contributed by atoms with van der Waals surface area (Å²) < 4.78 is 0. The van der Waals surface area contributed by atoms with Crippen molar-refractivity contribution in [1.29, 1.82) is 0 Å². The van der Waals surface area contributed by atoms with E-state index in [9.17, 15) is 14.7 Å². The normalized spacial score (nSPS) is 44.6. The van der Waals surface area contributed by atoms with Gasteiger partial charge in [0.25, 0.3) is 5.91 Å². The van der Waals surface area contributed by atoms with Gasteiger partial charge in [-0.05, 0) is 84.9 Å². The molecule has 0 aromatic carbocycles. The Morgan fingerprint density at radius 1 is 1.09 bits per heavy atom. The van der Waals surface area contributed by atoms with Crippen molar-refractivity contribution in [2.75, 3.05) is 0 Å². The van der Waals surface area contributed by atoms with Crippen LogP contribution in [0.2, 0.25) is 0 Å². The molecular weight excluding hydrogens is 424 g/mol. The van der Waals surface area contributed by atoms with E-state index in [1.54, 1.807) is 0 Å². The second-order valence-electron chi connectivity index (χ2n) is 13.4. The minimum absolute atomic E-state index is 0.146. The van der Waals surface area contributed by atoms with Crippen LogP contribution < -0.4 is 11.5 Å². The molecular formula is C29H48N2O3. The van der Waals surface area contributed by atoms with E-state index in [0.717, 1.165) is 36.2 Å². The van der Waals surface area contributed by atoms with Gasteiger partial charge in [-0.2, -0.15) is 0 Å². The molecule has 0 radical (unpaired) electrons. The topological polar surface area (TPSA) is 106 Å². The highest BCUT2D eigenvalue weighted by Gasteiger charge is 2.63. The van der Waals surface area contributed by atoms with Gasteiger partial charge >= 0.3 is 0 Å². The number of nitrogens with two attached hydrogens (primary N) is 2. The zero-order chi connectivity index (χ0) is 25.1. The Balaban J connectivity index is 1.57. The summed E-state index contributed by atoms with van der Waals surface area (Å²) in [5.74, 6) is 1.78. The molecule has 0 spiro atoms. The predicted molar refractivity (Wildman–Crippen MR) is 135 cm³/mol. The number of amides is 2. The molecule has 5 nitrogen and oxygen atoms in total. The smallest absolute Gasteiger partial charge is 0.250 e. The van der Waals surface area contributed by atoms with Crippen molar-refractivity contribution in [1.82, 2.24) is 0 Å². The Kier molecular flexibility index (Phi) is 6.76. The van der Waals surface area contributed by atoms with Gasteiger partial charge in [0, 0.05) is 6.42 Å². The van der Waals surface area contributed by atoms with Gasteiger partial charge < -0.3 is 16.6 Å². The largest absolute Gasteiger partial charge is 0.379 e. The molecule has 9 atom stereocenters. The van der Waals surface area contributed by atoms with Gasteiger partial charge in [-0.25, -0.2) is 0 Å². The molecule has 192 valence electrons. The van der Waals surface area contributed by atoms with Gasteiger partial charge in [-0.3, -0.25) is 9.59 Å². The van der Waals surface area contributed by atoms with E-state index in [0.29, 0.717) is 29.6 Å². The standard InChI is InChI=1S/C29H48N2O3/c1-17(2)7-6-8-18(3)21-11-12-22-20-10-9-19-15-29(34,26(31)33)24(25(30)32)16-28(19,5)23(20)13-14-27(21,22)4/h9,17-18,20-24,34H,6-8,10-16H2,1-5H3,(H2,30,32)(H2,31,33)/t18-,20+,21-,22+,23+,24?,27-,28+,29?/m1/s1. The fourth-order valence-electron chi connectivity index (χ4n) is 9.34. The van der Waals surface area contributed by atoms with Crippen LogP contribution in [0.25, 0.3) is 0 Å². The summed E-state index contributed by atoms with van der Waals surface area (Å²) in [6.45, 7) is 12.0. The Hall–Kier alpha value is -1.36. The first-order valence-electron chi connectivity index (χ1n) is 13.9. The van der Waals surface area contributed by atoms with Crippen molar-refractivity contribution in [3.05, 3.63) is 11.6 Å². The lowest BCUT2D eigenvalue weighted by Crippen LogP contribution is -2.61. The number of rotatable bonds is 7. The molecule has 3 fully saturated rings. The first-order valence-corrected chi connectivity index (χ1v) is 13.9. The van der Waals surface area contributed by atoms with Crippen molar-refractivity contribution >= 4 is 11.8 Å².